The number of amides is 2. The molecule has 5 heteroatoms. The van der Waals surface area contributed by atoms with Crippen LogP contribution in [0.1, 0.15) is 6.42 Å². The van der Waals surface area contributed by atoms with Crippen LogP contribution in [0.15, 0.2) is 0 Å². The minimum Gasteiger partial charge on any atom is -0.355 e. The van der Waals surface area contributed by atoms with Gasteiger partial charge in [0.2, 0.25) is 5.91 Å². The standard InChI is InChI=1S/C5H8N2O3/c8-4-3(1-2-6-4)5(9)7-10/h3,10H,1-2H2,(H,6,8)(H,7,9). The quantitative estimate of drug-likeness (QED) is 0.241. The third-order valence-electron chi connectivity index (χ3n) is 1.48. The summed E-state index contributed by atoms with van der Waals surface area (Å²) in [5.74, 6) is -1.65. The summed E-state index contributed by atoms with van der Waals surface area (Å²) in [5.41, 5.74) is 1.44. The summed E-state index contributed by atoms with van der Waals surface area (Å²) in [5, 5.41) is 10.6. The predicted octanol–water partition coefficient (Wildman–Crippen LogP) is -1.37. The summed E-state index contributed by atoms with van der Waals surface area (Å²) in [6, 6.07) is 0. The molecule has 0 aliphatic carbocycles. The highest BCUT2D eigenvalue weighted by Crippen LogP contribution is 2.07. The normalized spacial score (nSPS) is 24.1. The average molecular weight is 144 g/mol. The molecule has 2 amide bonds. The average Bonchev–Trinajstić information content (AvgIpc) is 2.34. The lowest BCUT2D eigenvalue weighted by Gasteiger charge is -2.01. The SMILES string of the molecule is O=C(NO)C1CCNC1=O. The van der Waals surface area contributed by atoms with Crippen LogP contribution in [0.3, 0.4) is 0 Å². The van der Waals surface area contributed by atoms with Crippen molar-refractivity contribution in [3.63, 3.8) is 0 Å². The molecule has 10 heavy (non-hydrogen) atoms. The van der Waals surface area contributed by atoms with Gasteiger partial charge >= 0.3 is 0 Å². The Labute approximate surface area is 57.4 Å². The molecule has 5 nitrogen and oxygen atoms in total. The van der Waals surface area contributed by atoms with Crippen LogP contribution in [-0.2, 0) is 9.59 Å². The zero-order valence-electron chi connectivity index (χ0n) is 5.26. The van der Waals surface area contributed by atoms with E-state index in [0.29, 0.717) is 13.0 Å². The number of carbonyl (C=O) groups is 2. The van der Waals surface area contributed by atoms with Crippen LogP contribution in [0.5, 0.6) is 0 Å². The van der Waals surface area contributed by atoms with E-state index in [1.54, 1.807) is 0 Å². The lowest BCUT2D eigenvalue weighted by Crippen LogP contribution is -2.33. The molecule has 1 aliphatic heterocycles. The van der Waals surface area contributed by atoms with Crippen molar-refractivity contribution in [2.75, 3.05) is 6.54 Å². The van der Waals surface area contributed by atoms with Gasteiger partial charge in [0, 0.05) is 6.54 Å². The smallest absolute Gasteiger partial charge is 0.255 e. The molecule has 1 fully saturated rings. The van der Waals surface area contributed by atoms with Crippen LogP contribution in [-0.4, -0.2) is 23.6 Å². The van der Waals surface area contributed by atoms with Gasteiger partial charge in [-0.2, -0.15) is 0 Å². The summed E-state index contributed by atoms with van der Waals surface area (Å²) in [6.45, 7) is 0.511. The van der Waals surface area contributed by atoms with Crippen LogP contribution in [0.4, 0.5) is 0 Å². The first-order chi connectivity index (χ1) is 4.75. The Hall–Kier alpha value is -1.10. The fraction of sp³-hybridized carbons (Fsp3) is 0.600. The monoisotopic (exact) mass is 144 g/mol. The highest BCUT2D eigenvalue weighted by molar-refractivity contribution is 6.01. The third kappa shape index (κ3) is 1.08. The fourth-order valence-corrected chi connectivity index (χ4v) is 0.922. The van der Waals surface area contributed by atoms with Gasteiger partial charge < -0.3 is 5.32 Å². The maximum atomic E-state index is 10.7. The molecule has 0 bridgehead atoms. The van der Waals surface area contributed by atoms with Gasteiger partial charge in [-0.1, -0.05) is 0 Å². The minimum absolute atomic E-state index is 0.313. The molecule has 1 unspecified atom stereocenters. The first-order valence-corrected chi connectivity index (χ1v) is 2.97. The molecule has 0 aromatic rings. The molecule has 1 heterocycles. The molecule has 0 radical (unpaired) electrons. The summed E-state index contributed by atoms with van der Waals surface area (Å²) >= 11 is 0. The van der Waals surface area contributed by atoms with Crippen molar-refractivity contribution in [3.8, 4) is 0 Å². The highest BCUT2D eigenvalue weighted by Gasteiger charge is 2.30. The summed E-state index contributed by atoms with van der Waals surface area (Å²) in [4.78, 5) is 21.3. The Morgan fingerprint density at radius 3 is 2.90 bits per heavy atom. The number of hydroxylamine groups is 1. The van der Waals surface area contributed by atoms with Crippen molar-refractivity contribution in [1.82, 2.24) is 10.8 Å². The lowest BCUT2D eigenvalue weighted by molar-refractivity contribution is -0.138. The van der Waals surface area contributed by atoms with Gasteiger partial charge in [0.05, 0.1) is 0 Å². The van der Waals surface area contributed by atoms with Gasteiger partial charge in [0.25, 0.3) is 5.91 Å². The van der Waals surface area contributed by atoms with Gasteiger partial charge in [-0.05, 0) is 6.42 Å². The molecule has 0 saturated carbocycles. The maximum absolute atomic E-state index is 10.7. The van der Waals surface area contributed by atoms with Crippen molar-refractivity contribution in [2.24, 2.45) is 5.92 Å². The van der Waals surface area contributed by atoms with E-state index in [1.165, 1.54) is 5.48 Å². The van der Waals surface area contributed by atoms with E-state index >= 15 is 0 Å². The Kier molecular flexibility index (Phi) is 1.86. The van der Waals surface area contributed by atoms with E-state index in [4.69, 9.17) is 5.21 Å². The maximum Gasteiger partial charge on any atom is 0.255 e. The van der Waals surface area contributed by atoms with Gasteiger partial charge in [0.15, 0.2) is 0 Å². The number of nitrogens with one attached hydrogen (secondary N) is 2. The molecule has 1 rings (SSSR count). The first kappa shape index (κ1) is 7.01. The zero-order valence-corrected chi connectivity index (χ0v) is 5.26. The number of rotatable bonds is 1. The lowest BCUT2D eigenvalue weighted by atomic mass is 10.1. The van der Waals surface area contributed by atoms with E-state index < -0.39 is 11.8 Å². The zero-order chi connectivity index (χ0) is 7.56. The Balaban J connectivity index is 2.55. The molecular weight excluding hydrogens is 136 g/mol. The Morgan fingerprint density at radius 2 is 2.50 bits per heavy atom. The van der Waals surface area contributed by atoms with Crippen LogP contribution < -0.4 is 10.8 Å². The number of carbonyl (C=O) groups excluding carboxylic acids is 2. The predicted molar refractivity (Wildman–Crippen MR) is 31.0 cm³/mol. The molecule has 56 valence electrons. The second kappa shape index (κ2) is 2.66. The molecule has 1 saturated heterocycles. The second-order valence-electron chi connectivity index (χ2n) is 2.11. The molecule has 1 atom stereocenters. The van der Waals surface area contributed by atoms with Crippen LogP contribution >= 0.6 is 0 Å². The first-order valence-electron chi connectivity index (χ1n) is 2.97. The highest BCUT2D eigenvalue weighted by atomic mass is 16.5. The fourth-order valence-electron chi connectivity index (χ4n) is 0.922. The van der Waals surface area contributed by atoms with Gasteiger partial charge in [-0.3, -0.25) is 14.8 Å². The van der Waals surface area contributed by atoms with Crippen LogP contribution in [0.2, 0.25) is 0 Å². The summed E-state index contributed by atoms with van der Waals surface area (Å²) < 4.78 is 0. The Morgan fingerprint density at radius 1 is 1.80 bits per heavy atom. The van der Waals surface area contributed by atoms with Crippen molar-refractivity contribution >= 4 is 11.8 Å². The van der Waals surface area contributed by atoms with Gasteiger partial charge in [-0.25, -0.2) is 5.48 Å². The molecule has 0 aromatic heterocycles. The van der Waals surface area contributed by atoms with E-state index in [9.17, 15) is 9.59 Å². The van der Waals surface area contributed by atoms with Crippen LogP contribution in [0, 0.1) is 5.92 Å². The van der Waals surface area contributed by atoms with Gasteiger partial charge in [0.1, 0.15) is 5.92 Å². The molecule has 3 N–H and O–H groups in total. The molecule has 0 spiro atoms. The third-order valence-corrected chi connectivity index (χ3v) is 1.48. The van der Waals surface area contributed by atoms with E-state index in [0.717, 1.165) is 0 Å². The van der Waals surface area contributed by atoms with E-state index in [-0.39, 0.29) is 5.91 Å². The van der Waals surface area contributed by atoms with E-state index in [1.807, 2.05) is 0 Å². The Bertz CT molecular complexity index is 168. The summed E-state index contributed by atoms with van der Waals surface area (Å²) in [6.07, 6.45) is 0.464. The van der Waals surface area contributed by atoms with E-state index in [2.05, 4.69) is 5.32 Å². The van der Waals surface area contributed by atoms with Crippen molar-refractivity contribution in [1.29, 1.82) is 0 Å². The number of hydrogen-bond acceptors (Lipinski definition) is 3. The van der Waals surface area contributed by atoms with Crippen LogP contribution in [0.25, 0.3) is 0 Å². The largest absolute Gasteiger partial charge is 0.355 e. The molecule has 1 aliphatic rings. The molecule has 0 aromatic carbocycles. The van der Waals surface area contributed by atoms with Crippen molar-refractivity contribution in [2.45, 2.75) is 6.42 Å². The van der Waals surface area contributed by atoms with Crippen molar-refractivity contribution < 1.29 is 14.8 Å². The van der Waals surface area contributed by atoms with Gasteiger partial charge in [-0.15, -0.1) is 0 Å². The molecular formula is C5H8N2O3. The van der Waals surface area contributed by atoms with Crippen molar-refractivity contribution in [3.05, 3.63) is 0 Å². The summed E-state index contributed by atoms with van der Waals surface area (Å²) in [7, 11) is 0. The topological polar surface area (TPSA) is 78.4 Å². The second-order valence-corrected chi connectivity index (χ2v) is 2.11. The number of hydrogen-bond donors (Lipinski definition) is 3. The minimum atomic E-state index is -0.704.